The van der Waals surface area contributed by atoms with E-state index in [0.717, 1.165) is 23.4 Å². The summed E-state index contributed by atoms with van der Waals surface area (Å²) in [4.78, 5) is 21.4. The molecule has 2 heterocycles. The van der Waals surface area contributed by atoms with Gasteiger partial charge >= 0.3 is 0 Å². The maximum Gasteiger partial charge on any atom is 0.253 e. The van der Waals surface area contributed by atoms with Gasteiger partial charge in [0.05, 0.1) is 5.75 Å². The molecule has 0 aliphatic rings. The number of amides is 1. The van der Waals surface area contributed by atoms with Crippen LogP contribution in [0.4, 0.5) is 10.1 Å². The molecule has 0 spiro atoms. The van der Waals surface area contributed by atoms with Gasteiger partial charge in [0.25, 0.3) is 5.78 Å². The molecule has 0 radical (unpaired) electrons. The molecule has 0 atom stereocenters. The van der Waals surface area contributed by atoms with Gasteiger partial charge in [0.15, 0.2) is 0 Å². The lowest BCUT2D eigenvalue weighted by Gasteiger charge is -2.12. The Morgan fingerprint density at radius 3 is 2.55 bits per heavy atom. The summed E-state index contributed by atoms with van der Waals surface area (Å²) in [6, 6.07) is 11.1. The number of carbonyl (C=O) groups is 1. The summed E-state index contributed by atoms with van der Waals surface area (Å²) >= 11 is 1.22. The zero-order chi connectivity index (χ0) is 23.7. The molecular weight excluding hydrogens is 437 g/mol. The van der Waals surface area contributed by atoms with E-state index in [1.807, 2.05) is 13.8 Å². The Kier molecular flexibility index (Phi) is 6.47. The summed E-state index contributed by atoms with van der Waals surface area (Å²) in [5, 5.41) is 7.74. The maximum atomic E-state index is 13.7. The molecule has 1 N–H and O–H groups in total. The molecule has 0 bridgehead atoms. The number of carbonyl (C=O) groups excluding carboxylic acids is 1. The second-order valence-electron chi connectivity index (χ2n) is 8.27. The minimum absolute atomic E-state index is 0.111. The van der Waals surface area contributed by atoms with E-state index >= 15 is 0 Å². The van der Waals surface area contributed by atoms with Gasteiger partial charge in [-0.3, -0.25) is 4.79 Å². The van der Waals surface area contributed by atoms with Crippen LogP contribution in [0, 0.1) is 40.4 Å². The number of halogens is 1. The van der Waals surface area contributed by atoms with Gasteiger partial charge < -0.3 is 5.32 Å². The molecule has 8 heteroatoms. The minimum Gasteiger partial charge on any atom is -0.325 e. The number of aryl methyl sites for hydroxylation is 5. The van der Waals surface area contributed by atoms with Crippen LogP contribution < -0.4 is 5.32 Å². The van der Waals surface area contributed by atoms with Crippen molar-refractivity contribution in [3.63, 3.8) is 0 Å². The topological polar surface area (TPSA) is 72.2 Å². The number of hydrogen-bond acceptors (Lipinski definition) is 5. The third kappa shape index (κ3) is 5.06. The summed E-state index contributed by atoms with van der Waals surface area (Å²) in [6.45, 7) is 9.90. The number of fused-ring (bicyclic) bond motifs is 1. The summed E-state index contributed by atoms with van der Waals surface area (Å²) < 4.78 is 15.4. The summed E-state index contributed by atoms with van der Waals surface area (Å²) in [7, 11) is 0. The average Bonchev–Trinajstić information content (AvgIpc) is 3.17. The highest BCUT2D eigenvalue weighted by Crippen LogP contribution is 2.23. The lowest BCUT2D eigenvalue weighted by Crippen LogP contribution is -2.14. The third-order valence-corrected chi connectivity index (χ3v) is 6.53. The lowest BCUT2D eigenvalue weighted by molar-refractivity contribution is -0.113. The number of aromatic nitrogens is 4. The molecule has 2 aromatic carbocycles. The molecule has 0 saturated carbocycles. The Balaban J connectivity index is 1.50. The van der Waals surface area contributed by atoms with Crippen molar-refractivity contribution < 1.29 is 9.18 Å². The Labute approximate surface area is 196 Å². The minimum atomic E-state index is -0.351. The Morgan fingerprint density at radius 1 is 1.03 bits per heavy atom. The van der Waals surface area contributed by atoms with E-state index in [4.69, 9.17) is 0 Å². The van der Waals surface area contributed by atoms with Crippen LogP contribution in [0.25, 0.3) is 5.78 Å². The molecule has 33 heavy (non-hydrogen) atoms. The van der Waals surface area contributed by atoms with Crippen molar-refractivity contribution in [2.45, 2.75) is 46.2 Å². The van der Waals surface area contributed by atoms with Crippen LogP contribution in [-0.2, 0) is 11.2 Å². The van der Waals surface area contributed by atoms with Crippen molar-refractivity contribution in [1.82, 2.24) is 19.6 Å². The molecule has 6 nitrogen and oxygen atoms in total. The van der Waals surface area contributed by atoms with Gasteiger partial charge in [-0.15, -0.1) is 5.10 Å². The van der Waals surface area contributed by atoms with Gasteiger partial charge in [0, 0.05) is 23.5 Å². The summed E-state index contributed by atoms with van der Waals surface area (Å²) in [5.74, 6) is 0.0209. The van der Waals surface area contributed by atoms with Gasteiger partial charge in [-0.25, -0.2) is 13.9 Å². The van der Waals surface area contributed by atoms with E-state index in [1.54, 1.807) is 23.6 Å². The predicted octanol–water partition coefficient (Wildman–Crippen LogP) is 5.13. The molecule has 0 unspecified atom stereocenters. The second-order valence-corrected chi connectivity index (χ2v) is 9.22. The number of benzene rings is 2. The van der Waals surface area contributed by atoms with E-state index in [0.29, 0.717) is 22.2 Å². The quantitative estimate of drug-likeness (QED) is 0.402. The fourth-order valence-electron chi connectivity index (χ4n) is 3.69. The fourth-order valence-corrected chi connectivity index (χ4v) is 4.30. The largest absolute Gasteiger partial charge is 0.325 e. The van der Waals surface area contributed by atoms with Crippen molar-refractivity contribution in [3.8, 4) is 0 Å². The summed E-state index contributed by atoms with van der Waals surface area (Å²) in [6.07, 6.45) is 0.770. The van der Waals surface area contributed by atoms with Crippen molar-refractivity contribution in [2.75, 3.05) is 11.1 Å². The third-order valence-electron chi connectivity index (χ3n) is 5.69. The summed E-state index contributed by atoms with van der Waals surface area (Å²) in [5.41, 5.74) is 7.72. The fraction of sp³-hybridized carbons (Fsp3) is 0.280. The van der Waals surface area contributed by atoms with E-state index < -0.39 is 0 Å². The zero-order valence-corrected chi connectivity index (χ0v) is 20.2. The van der Waals surface area contributed by atoms with E-state index in [1.165, 1.54) is 34.5 Å². The number of hydrogen-bond donors (Lipinski definition) is 1. The van der Waals surface area contributed by atoms with Crippen molar-refractivity contribution >= 4 is 29.1 Å². The Morgan fingerprint density at radius 2 is 1.79 bits per heavy atom. The first kappa shape index (κ1) is 22.9. The normalized spacial score (nSPS) is 11.2. The molecule has 170 valence electrons. The molecule has 2 aromatic heterocycles. The number of nitrogens with one attached hydrogen (secondary N) is 1. The van der Waals surface area contributed by atoms with Crippen LogP contribution in [-0.4, -0.2) is 31.2 Å². The van der Waals surface area contributed by atoms with Crippen molar-refractivity contribution in [3.05, 3.63) is 81.4 Å². The molecule has 4 aromatic rings. The van der Waals surface area contributed by atoms with Crippen molar-refractivity contribution in [1.29, 1.82) is 0 Å². The first-order chi connectivity index (χ1) is 15.7. The number of anilines is 1. The lowest BCUT2D eigenvalue weighted by atomic mass is 9.97. The molecular formula is C25H26FN5OS. The zero-order valence-electron chi connectivity index (χ0n) is 19.4. The van der Waals surface area contributed by atoms with Crippen LogP contribution in [0.2, 0.25) is 0 Å². The van der Waals surface area contributed by atoms with Gasteiger partial charge in [-0.05, 0) is 69.0 Å². The highest BCUT2D eigenvalue weighted by atomic mass is 32.2. The average molecular weight is 464 g/mol. The maximum absolute atomic E-state index is 13.7. The smallest absolute Gasteiger partial charge is 0.253 e. The van der Waals surface area contributed by atoms with Crippen LogP contribution in [0.1, 0.15) is 39.2 Å². The monoisotopic (exact) mass is 463 g/mol. The molecule has 1 amide bonds. The highest BCUT2D eigenvalue weighted by Gasteiger charge is 2.16. The first-order valence-corrected chi connectivity index (χ1v) is 11.7. The number of rotatable bonds is 6. The van der Waals surface area contributed by atoms with E-state index in [-0.39, 0.29) is 17.5 Å². The van der Waals surface area contributed by atoms with Crippen LogP contribution in [0.3, 0.4) is 0 Å². The molecule has 0 aliphatic heterocycles. The van der Waals surface area contributed by atoms with E-state index in [2.05, 4.69) is 52.4 Å². The second kappa shape index (κ2) is 9.31. The van der Waals surface area contributed by atoms with Crippen LogP contribution in [0.15, 0.2) is 41.6 Å². The highest BCUT2D eigenvalue weighted by molar-refractivity contribution is 7.99. The van der Waals surface area contributed by atoms with Gasteiger partial charge in [0.1, 0.15) is 5.82 Å². The van der Waals surface area contributed by atoms with Crippen LogP contribution >= 0.6 is 11.8 Å². The van der Waals surface area contributed by atoms with Crippen molar-refractivity contribution in [2.24, 2.45) is 0 Å². The Hall–Kier alpha value is -3.26. The molecule has 0 aliphatic carbocycles. The Bertz CT molecular complexity index is 1360. The number of nitrogens with zero attached hydrogens (tertiary/aromatic N) is 4. The van der Waals surface area contributed by atoms with Gasteiger partial charge in [-0.1, -0.05) is 41.6 Å². The SMILES string of the molecule is Cc1ccc(C)c(Cc2c(C)nc3nc(SCC(=O)Nc4ccc(C)c(F)c4)nn3c2C)c1. The van der Waals surface area contributed by atoms with Crippen LogP contribution in [0.5, 0.6) is 0 Å². The van der Waals surface area contributed by atoms with E-state index in [9.17, 15) is 9.18 Å². The number of thioether (sulfide) groups is 1. The first-order valence-electron chi connectivity index (χ1n) is 10.7. The van der Waals surface area contributed by atoms with Gasteiger partial charge in [-0.2, -0.15) is 4.98 Å². The molecule has 0 saturated heterocycles. The van der Waals surface area contributed by atoms with Gasteiger partial charge in [0.2, 0.25) is 11.1 Å². The molecule has 4 rings (SSSR count). The standard InChI is InChI=1S/C25H26FN5OS/c1-14-6-7-15(2)19(10-14)11-21-17(4)27-24-29-25(30-31(24)18(21)5)33-13-23(32)28-20-9-8-16(3)22(26)12-20/h6-10,12H,11,13H2,1-5H3,(H,28,32). The predicted molar refractivity (Wildman–Crippen MR) is 129 cm³/mol. The molecule has 0 fully saturated rings.